The van der Waals surface area contributed by atoms with Gasteiger partial charge >= 0.3 is 0 Å². The van der Waals surface area contributed by atoms with Gasteiger partial charge in [0.2, 0.25) is 0 Å². The van der Waals surface area contributed by atoms with Crippen molar-refractivity contribution in [1.29, 1.82) is 0 Å². The van der Waals surface area contributed by atoms with Gasteiger partial charge in [0.15, 0.2) is 0 Å². The Labute approximate surface area is 446 Å². The molecule has 73 heavy (non-hydrogen) atoms. The topological polar surface area (TPSA) is 12.9 Å². The Kier molecular flexibility index (Phi) is 12.7. The predicted octanol–water partition coefficient (Wildman–Crippen LogP) is 19.2. The van der Waals surface area contributed by atoms with Crippen LogP contribution < -0.4 is 0 Å². The summed E-state index contributed by atoms with van der Waals surface area (Å²) in [6.07, 6.45) is 5.73. The molecule has 2 heteroatoms. The van der Waals surface area contributed by atoms with Crippen molar-refractivity contribution in [3.8, 4) is 78.0 Å². The van der Waals surface area contributed by atoms with Gasteiger partial charge in [0.1, 0.15) is 0 Å². The molecule has 0 aliphatic heterocycles. The molecular weight excluding hydrogens is 1060 g/mol. The number of nitrogens with zero attached hydrogens (tertiary/aromatic N) is 1. The SMILES string of the molecule is CCCCCCC1(c2ccccc2)c2cc(-c3cc(-c4ccccc4)c4cc5c(cc4n3)C(C)(C)c3ccccc3-5)[c-]cc2-c2ccc(-c3cc(-c4cc(C)cc(C)c4)cc(-c4cc(C)cc(C)c4)c3)cc21.[Ir]. The van der Waals surface area contributed by atoms with Crippen molar-refractivity contribution in [2.24, 2.45) is 0 Å². The zero-order valence-corrected chi connectivity index (χ0v) is 45.6. The minimum atomic E-state index is -0.392. The summed E-state index contributed by atoms with van der Waals surface area (Å²) in [5, 5.41) is 1.18. The number of benzene rings is 9. The maximum atomic E-state index is 5.63. The van der Waals surface area contributed by atoms with Crippen LogP contribution in [0.1, 0.15) is 103 Å². The molecule has 2 aliphatic carbocycles. The normalized spacial score (nSPS) is 14.8. The van der Waals surface area contributed by atoms with Crippen LogP contribution in [0.3, 0.4) is 0 Å². The van der Waals surface area contributed by atoms with Gasteiger partial charge in [0.05, 0.1) is 5.52 Å². The van der Waals surface area contributed by atoms with Crippen LogP contribution >= 0.6 is 0 Å². The number of aryl methyl sites for hydroxylation is 4. The fourth-order valence-electron chi connectivity index (χ4n) is 12.8. The molecule has 1 heterocycles. The third kappa shape index (κ3) is 8.44. The van der Waals surface area contributed by atoms with E-state index in [-0.39, 0.29) is 25.5 Å². The smallest absolute Gasteiger partial charge is 0.0605 e. The van der Waals surface area contributed by atoms with Crippen molar-refractivity contribution in [2.75, 3.05) is 0 Å². The monoisotopic (exact) mass is 1120 g/mol. The maximum Gasteiger partial charge on any atom is 0.0605 e. The molecule has 0 saturated carbocycles. The Bertz CT molecular complexity index is 3640. The molecule has 0 amide bonds. The Hall–Kier alpha value is -6.96. The summed E-state index contributed by atoms with van der Waals surface area (Å²) in [7, 11) is 0. The largest absolute Gasteiger partial charge is 0.296 e. The van der Waals surface area contributed by atoms with Gasteiger partial charge in [-0.2, -0.15) is 0 Å². The molecule has 0 N–H and O–H groups in total. The molecule has 9 aromatic carbocycles. The van der Waals surface area contributed by atoms with E-state index in [0.29, 0.717) is 0 Å². The predicted molar refractivity (Wildman–Crippen MR) is 305 cm³/mol. The van der Waals surface area contributed by atoms with Crippen LogP contribution in [0.25, 0.3) is 88.9 Å². The molecule has 2 aliphatic rings. The van der Waals surface area contributed by atoms with Crippen LogP contribution in [0.2, 0.25) is 0 Å². The third-order valence-electron chi connectivity index (χ3n) is 16.1. The van der Waals surface area contributed by atoms with E-state index in [0.717, 1.165) is 29.6 Å². The maximum absolute atomic E-state index is 5.63. The van der Waals surface area contributed by atoms with E-state index in [9.17, 15) is 0 Å². The van der Waals surface area contributed by atoms with Crippen LogP contribution in [0, 0.1) is 33.8 Å². The first-order valence-corrected chi connectivity index (χ1v) is 26.2. The Morgan fingerprint density at radius 3 is 1.66 bits per heavy atom. The van der Waals surface area contributed by atoms with Crippen molar-refractivity contribution in [3.05, 3.63) is 244 Å². The van der Waals surface area contributed by atoms with E-state index >= 15 is 0 Å². The second-order valence-corrected chi connectivity index (χ2v) is 21.6. The Balaban J connectivity index is 0.00000574. The average molecular weight is 1120 g/mol. The first-order chi connectivity index (χ1) is 35.0. The molecule has 0 bridgehead atoms. The number of hydrogen-bond donors (Lipinski definition) is 0. The van der Waals surface area contributed by atoms with E-state index in [1.54, 1.807) is 0 Å². The van der Waals surface area contributed by atoms with Crippen molar-refractivity contribution in [2.45, 2.75) is 91.4 Å². The minimum Gasteiger partial charge on any atom is -0.296 e. The van der Waals surface area contributed by atoms with Gasteiger partial charge in [-0.25, -0.2) is 0 Å². The zero-order valence-electron chi connectivity index (χ0n) is 43.2. The minimum absolute atomic E-state index is 0. The van der Waals surface area contributed by atoms with Gasteiger partial charge in [0.25, 0.3) is 0 Å². The molecular formula is C71H62IrN-. The molecule has 1 radical (unpaired) electrons. The first kappa shape index (κ1) is 48.3. The second kappa shape index (κ2) is 19.1. The quantitative estimate of drug-likeness (QED) is 0.0929. The van der Waals surface area contributed by atoms with Gasteiger partial charge in [-0.1, -0.05) is 225 Å². The molecule has 1 nitrogen and oxygen atoms in total. The van der Waals surface area contributed by atoms with E-state index in [4.69, 9.17) is 4.98 Å². The van der Waals surface area contributed by atoms with Crippen LogP contribution in [-0.4, -0.2) is 4.98 Å². The summed E-state index contributed by atoms with van der Waals surface area (Å²) in [4.78, 5) is 5.63. The number of unbranched alkanes of at least 4 members (excludes halogenated alkanes) is 3. The molecule has 1 unspecified atom stereocenters. The van der Waals surface area contributed by atoms with E-state index in [1.165, 1.54) is 141 Å². The molecule has 0 saturated heterocycles. The number of aromatic nitrogens is 1. The molecule has 1 atom stereocenters. The number of rotatable bonds is 11. The molecule has 1 aromatic heterocycles. The van der Waals surface area contributed by atoms with E-state index in [1.807, 2.05) is 0 Å². The van der Waals surface area contributed by atoms with Crippen LogP contribution in [0.15, 0.2) is 188 Å². The summed E-state index contributed by atoms with van der Waals surface area (Å²) in [6.45, 7) is 15.9. The van der Waals surface area contributed by atoms with Crippen molar-refractivity contribution in [3.63, 3.8) is 0 Å². The first-order valence-electron chi connectivity index (χ1n) is 26.2. The fraction of sp³-hybridized carbons (Fsp3) is 0.197. The van der Waals surface area contributed by atoms with E-state index < -0.39 is 5.41 Å². The van der Waals surface area contributed by atoms with Crippen LogP contribution in [0.5, 0.6) is 0 Å². The van der Waals surface area contributed by atoms with Crippen molar-refractivity contribution in [1.82, 2.24) is 4.98 Å². The Morgan fingerprint density at radius 2 is 1.00 bits per heavy atom. The molecule has 0 spiro atoms. The van der Waals surface area contributed by atoms with Gasteiger partial charge in [-0.15, -0.1) is 29.3 Å². The van der Waals surface area contributed by atoms with Gasteiger partial charge in [-0.05, 0) is 148 Å². The van der Waals surface area contributed by atoms with Crippen LogP contribution in [-0.2, 0) is 30.9 Å². The second-order valence-electron chi connectivity index (χ2n) is 21.6. The third-order valence-corrected chi connectivity index (χ3v) is 16.1. The van der Waals surface area contributed by atoms with Gasteiger partial charge < -0.3 is 0 Å². The van der Waals surface area contributed by atoms with Crippen molar-refractivity contribution < 1.29 is 20.1 Å². The Morgan fingerprint density at radius 1 is 0.425 bits per heavy atom. The van der Waals surface area contributed by atoms with E-state index in [2.05, 4.69) is 243 Å². The van der Waals surface area contributed by atoms with Crippen LogP contribution in [0.4, 0.5) is 0 Å². The summed E-state index contributed by atoms with van der Waals surface area (Å²) in [5.41, 5.74) is 29.4. The van der Waals surface area contributed by atoms with Gasteiger partial charge in [-0.3, -0.25) is 4.98 Å². The van der Waals surface area contributed by atoms with Crippen molar-refractivity contribution >= 4 is 10.9 Å². The number of hydrogen-bond acceptors (Lipinski definition) is 1. The summed E-state index contributed by atoms with van der Waals surface area (Å²) < 4.78 is 0. The average Bonchev–Trinajstić information content (AvgIpc) is 3.80. The zero-order chi connectivity index (χ0) is 49.3. The number of pyridine rings is 1. The molecule has 361 valence electrons. The molecule has 0 fully saturated rings. The summed E-state index contributed by atoms with van der Waals surface area (Å²) in [6, 6.07) is 75.4. The standard InChI is InChI=1S/C71H62N.Ir/c1-8-9-10-19-30-71(57-22-15-12-16-23-57)66-40-50(54-37-55(52-33-45(2)31-46(3)34-52)39-56(38-54)53-35-47(4)32-48(5)36-53)26-28-59(66)60-29-27-51(41-67(60)71)68-43-61(49-20-13-11-14-21-49)63-42-62-58-24-17-18-25-64(58)70(6,7)65(62)44-69(63)72-68;/h11-18,20-26,28-29,31-44H,8-10,19,30H2,1-7H3;/q-1;. The van der Waals surface area contributed by atoms with Gasteiger partial charge in [0, 0.05) is 36.3 Å². The molecule has 10 aromatic rings. The number of fused-ring (bicyclic) bond motifs is 7. The molecule has 12 rings (SSSR count). The summed E-state index contributed by atoms with van der Waals surface area (Å²) >= 11 is 0. The fourth-order valence-corrected chi connectivity index (χ4v) is 12.8. The summed E-state index contributed by atoms with van der Waals surface area (Å²) in [5.74, 6) is 0.